The molecule has 0 fully saturated rings. The smallest absolute Gasteiger partial charge is 0 e. The predicted molar refractivity (Wildman–Crippen MR) is 9.94 cm³/mol. The van der Waals surface area contributed by atoms with Crippen LogP contribution in [0.25, 0.3) is 0 Å². The number of rotatable bonds is 0. The summed E-state index contributed by atoms with van der Waals surface area (Å²) in [5, 5.41) is 12.5. The molecule has 0 aromatic carbocycles. The van der Waals surface area contributed by atoms with Crippen molar-refractivity contribution in [1.82, 2.24) is 0 Å². The van der Waals surface area contributed by atoms with Gasteiger partial charge in [-0.05, 0) is 0 Å². The molecule has 0 aromatic rings. The maximum atomic E-state index is 6.25. The van der Waals surface area contributed by atoms with Crippen molar-refractivity contribution in [3.05, 3.63) is 13.1 Å². The van der Waals surface area contributed by atoms with Gasteiger partial charge in [0.15, 0.2) is 0 Å². The minimum atomic E-state index is 0. The molecular weight excluding hydrogens is 244 g/mol. The Morgan fingerprint density at radius 3 is 0.800 bits per heavy atom. The minimum absolute atomic E-state index is 0. The zero-order chi connectivity index (χ0) is 4.00. The summed E-state index contributed by atoms with van der Waals surface area (Å²) < 4.78 is 0. The van der Waals surface area contributed by atoms with Gasteiger partial charge in [-0.2, -0.15) is 0 Å². The second kappa shape index (κ2) is 183. The zero-order valence-corrected chi connectivity index (χ0v) is 4.62. The third-order valence-electron chi connectivity index (χ3n) is 0. The Morgan fingerprint density at radius 2 is 0.800 bits per heavy atom. The third-order valence-corrected chi connectivity index (χ3v) is 0. The van der Waals surface area contributed by atoms with Gasteiger partial charge in [-0.15, -0.1) is 0 Å². The molecule has 1 radical (unpaired) electrons. The molecule has 2 nitrogen and oxygen atoms in total. The summed E-state index contributed by atoms with van der Waals surface area (Å²) in [4.78, 5) is 0. The second-order valence-corrected chi connectivity index (χ2v) is 0. The Bertz CT molecular complexity index is 23.1. The van der Waals surface area contributed by atoms with Crippen LogP contribution in [0.5, 0.6) is 0 Å². The molecule has 0 saturated heterocycles. The van der Waals surface area contributed by atoms with Gasteiger partial charge in [0.2, 0.25) is 0 Å². The van der Waals surface area contributed by atoms with E-state index in [-0.39, 0.29) is 20.1 Å². The van der Waals surface area contributed by atoms with Crippen molar-refractivity contribution in [2.45, 2.75) is 0 Å². The van der Waals surface area contributed by atoms with Crippen LogP contribution in [-0.2, 0) is 20.1 Å². The molecule has 0 atom stereocenters. The summed E-state index contributed by atoms with van der Waals surface area (Å²) in [6.07, 6.45) is 0. The number of hydrogen-bond acceptors (Lipinski definition) is 2. The summed E-state index contributed by atoms with van der Waals surface area (Å²) in [7, 11) is 0. The average molecular weight is 244 g/mol. The summed E-state index contributed by atoms with van der Waals surface area (Å²) in [6.45, 7) is 9.50. The van der Waals surface area contributed by atoms with E-state index in [0.29, 0.717) is 0 Å². The van der Waals surface area contributed by atoms with E-state index in [1.54, 1.807) is 0 Å². The maximum Gasteiger partial charge on any atom is 0 e. The van der Waals surface area contributed by atoms with Crippen LogP contribution in [0.4, 0.5) is 0 Å². The van der Waals surface area contributed by atoms with Crippen molar-refractivity contribution < 1.29 is 20.1 Å². The first-order chi connectivity index (χ1) is 2.00. The molecule has 0 aliphatic heterocycles. The van der Waals surface area contributed by atoms with Crippen molar-refractivity contribution in [1.29, 1.82) is 10.5 Å². The largest absolute Gasteiger partial charge is 0.512 e. The van der Waals surface area contributed by atoms with Crippen molar-refractivity contribution in [2.75, 3.05) is 0 Å². The van der Waals surface area contributed by atoms with E-state index in [1.807, 2.05) is 0 Å². The van der Waals surface area contributed by atoms with Gasteiger partial charge in [0.25, 0.3) is 0 Å². The summed E-state index contributed by atoms with van der Waals surface area (Å²) in [5.74, 6) is 0. The van der Waals surface area contributed by atoms with Crippen LogP contribution in [0.15, 0.2) is 0 Å². The van der Waals surface area contributed by atoms with Gasteiger partial charge in [-0.25, -0.2) is 0 Å². The molecule has 0 unspecified atom stereocenters. The first-order valence-corrected chi connectivity index (χ1v) is 0.447. The maximum absolute atomic E-state index is 6.25. The molecule has 0 saturated carbocycles. The standard InChI is InChI=1S/2CN.Ir/c2*1-2;/q2*-1;. The molecular formula is C2IrN2-2. The Hall–Kier alpha value is -0.371. The first-order valence-electron chi connectivity index (χ1n) is 0.447. The Balaban J connectivity index is -0.0000000133. The third kappa shape index (κ3) is 70.1. The van der Waals surface area contributed by atoms with E-state index in [9.17, 15) is 0 Å². The monoisotopic (exact) mass is 245 g/mol. The zero-order valence-electron chi connectivity index (χ0n) is 2.23. The van der Waals surface area contributed by atoms with Crippen LogP contribution >= 0.6 is 0 Å². The Kier molecular flexibility index (Phi) is 839. The van der Waals surface area contributed by atoms with E-state index >= 15 is 0 Å². The molecule has 0 bridgehead atoms. The van der Waals surface area contributed by atoms with Gasteiger partial charge in [0, 0.05) is 20.1 Å². The fourth-order valence-electron chi connectivity index (χ4n) is 0. The van der Waals surface area contributed by atoms with E-state index in [0.717, 1.165) is 0 Å². The van der Waals surface area contributed by atoms with E-state index in [2.05, 4.69) is 0 Å². The quantitative estimate of drug-likeness (QED) is 0.571. The molecule has 3 heteroatoms. The van der Waals surface area contributed by atoms with Crippen LogP contribution < -0.4 is 0 Å². The summed E-state index contributed by atoms with van der Waals surface area (Å²) in [6, 6.07) is 0. The number of nitrogens with zero attached hydrogens (tertiary/aromatic N) is 2. The molecule has 0 rings (SSSR count). The molecule has 5 heavy (non-hydrogen) atoms. The van der Waals surface area contributed by atoms with Gasteiger partial charge in [-0.3, -0.25) is 0 Å². The molecule has 0 N–H and O–H groups in total. The van der Waals surface area contributed by atoms with Gasteiger partial charge in [0.05, 0.1) is 0 Å². The first kappa shape index (κ1) is 23.0. The SMILES string of the molecule is [C-]#N.[C-]#N.[Ir]. The molecule has 0 heterocycles. The summed E-state index contributed by atoms with van der Waals surface area (Å²) in [5.41, 5.74) is 0. The fourth-order valence-corrected chi connectivity index (χ4v) is 0. The Labute approximate surface area is 44.4 Å². The van der Waals surface area contributed by atoms with Crippen molar-refractivity contribution in [2.24, 2.45) is 0 Å². The van der Waals surface area contributed by atoms with Gasteiger partial charge < -0.3 is 23.7 Å². The number of hydrogen-bond donors (Lipinski definition) is 0. The average Bonchev–Trinajstić information content (AvgIpc) is 1.50. The van der Waals surface area contributed by atoms with Crippen LogP contribution in [0, 0.1) is 23.7 Å². The molecule has 0 aliphatic carbocycles. The fraction of sp³-hybridized carbons (Fsp3) is 0. The van der Waals surface area contributed by atoms with Crippen molar-refractivity contribution in [3.8, 4) is 0 Å². The van der Waals surface area contributed by atoms with Crippen LogP contribution in [0.2, 0.25) is 0 Å². The van der Waals surface area contributed by atoms with E-state index < -0.39 is 0 Å². The molecule has 0 spiro atoms. The minimum Gasteiger partial charge on any atom is -0.512 e. The van der Waals surface area contributed by atoms with E-state index in [4.69, 9.17) is 23.7 Å². The van der Waals surface area contributed by atoms with Crippen molar-refractivity contribution >= 4 is 0 Å². The summed E-state index contributed by atoms with van der Waals surface area (Å²) >= 11 is 0. The van der Waals surface area contributed by atoms with Gasteiger partial charge >= 0.3 is 0 Å². The molecule has 0 amide bonds. The van der Waals surface area contributed by atoms with Crippen LogP contribution in [0.3, 0.4) is 0 Å². The topological polar surface area (TPSA) is 47.6 Å². The van der Waals surface area contributed by atoms with Crippen LogP contribution in [-0.4, -0.2) is 0 Å². The van der Waals surface area contributed by atoms with Gasteiger partial charge in [-0.1, -0.05) is 0 Å². The molecule has 0 aromatic heterocycles. The van der Waals surface area contributed by atoms with E-state index in [1.165, 1.54) is 0 Å². The van der Waals surface area contributed by atoms with Crippen LogP contribution in [0.1, 0.15) is 0 Å². The van der Waals surface area contributed by atoms with Crippen molar-refractivity contribution in [3.63, 3.8) is 0 Å². The second-order valence-electron chi connectivity index (χ2n) is 0. The molecule has 29 valence electrons. The predicted octanol–water partition coefficient (Wildman–Crippen LogP) is 0.190. The normalized spacial score (nSPS) is 0.800. The molecule has 0 aliphatic rings. The Morgan fingerprint density at radius 1 is 0.800 bits per heavy atom. The van der Waals surface area contributed by atoms with Gasteiger partial charge in [0.1, 0.15) is 0 Å².